The van der Waals surface area contributed by atoms with Gasteiger partial charge in [-0.05, 0) is 26.3 Å². The van der Waals surface area contributed by atoms with Crippen LogP contribution < -0.4 is 9.64 Å². The van der Waals surface area contributed by atoms with Gasteiger partial charge in [0.25, 0.3) is 5.91 Å². The van der Waals surface area contributed by atoms with Crippen molar-refractivity contribution in [2.24, 2.45) is 0 Å². The summed E-state index contributed by atoms with van der Waals surface area (Å²) in [5.74, 6) is -1.09. The van der Waals surface area contributed by atoms with E-state index in [9.17, 15) is 14.7 Å². The van der Waals surface area contributed by atoms with Crippen LogP contribution in [0.5, 0.6) is 5.75 Å². The Labute approximate surface area is 187 Å². The zero-order chi connectivity index (χ0) is 22.1. The molecule has 0 radical (unpaired) electrons. The molecule has 0 spiro atoms. The predicted molar refractivity (Wildman–Crippen MR) is 120 cm³/mol. The van der Waals surface area contributed by atoms with Gasteiger partial charge in [0.2, 0.25) is 5.78 Å². The lowest BCUT2D eigenvalue weighted by molar-refractivity contribution is -0.117. The van der Waals surface area contributed by atoms with Crippen LogP contribution in [0.2, 0.25) is 0 Å². The zero-order valence-electron chi connectivity index (χ0n) is 17.3. The first-order valence-electron chi connectivity index (χ1n) is 9.80. The number of aromatic nitrogens is 2. The molecule has 7 nitrogen and oxygen atoms in total. The Hall–Kier alpha value is -3.04. The van der Waals surface area contributed by atoms with E-state index in [0.717, 1.165) is 11.4 Å². The van der Waals surface area contributed by atoms with E-state index in [2.05, 4.69) is 9.97 Å². The van der Waals surface area contributed by atoms with Gasteiger partial charge in [-0.2, -0.15) is 0 Å². The fraction of sp³-hybridized carbons (Fsp3) is 0.273. The number of ether oxygens (including phenoxy) is 1. The van der Waals surface area contributed by atoms with Gasteiger partial charge in [0.15, 0.2) is 10.9 Å². The molecule has 3 heterocycles. The Morgan fingerprint density at radius 1 is 1.29 bits per heavy atom. The van der Waals surface area contributed by atoms with E-state index in [1.807, 2.05) is 26.0 Å². The van der Waals surface area contributed by atoms with Crippen LogP contribution in [0.4, 0.5) is 5.13 Å². The monoisotopic (exact) mass is 455 g/mol. The van der Waals surface area contributed by atoms with Crippen LogP contribution in [0.1, 0.15) is 45.3 Å². The zero-order valence-corrected chi connectivity index (χ0v) is 18.9. The average molecular weight is 456 g/mol. The minimum atomic E-state index is -0.860. The summed E-state index contributed by atoms with van der Waals surface area (Å²) >= 11 is 2.51. The number of thiazole rings is 2. The van der Waals surface area contributed by atoms with E-state index in [1.165, 1.54) is 27.6 Å². The molecule has 3 aromatic rings. The number of anilines is 1. The largest absolute Gasteiger partial charge is 0.503 e. The van der Waals surface area contributed by atoms with Gasteiger partial charge < -0.3 is 9.84 Å². The van der Waals surface area contributed by atoms with E-state index in [0.29, 0.717) is 33.6 Å². The number of Topliss-reactive ketones (excluding diaryl/α,β-unsaturated/α-hetero) is 1. The highest BCUT2D eigenvalue weighted by Crippen LogP contribution is 2.45. The van der Waals surface area contributed by atoms with Crippen LogP contribution in [-0.4, -0.2) is 33.4 Å². The van der Waals surface area contributed by atoms with Gasteiger partial charge in [-0.25, -0.2) is 9.97 Å². The summed E-state index contributed by atoms with van der Waals surface area (Å²) in [4.78, 5) is 37.1. The van der Waals surface area contributed by atoms with Crippen LogP contribution in [0.25, 0.3) is 0 Å². The van der Waals surface area contributed by atoms with Crippen LogP contribution in [-0.2, 0) is 4.79 Å². The summed E-state index contributed by atoms with van der Waals surface area (Å²) < 4.78 is 5.92. The van der Waals surface area contributed by atoms with Crippen LogP contribution in [0.3, 0.4) is 0 Å². The number of ketones is 1. The number of hydrogen-bond acceptors (Lipinski definition) is 8. The summed E-state index contributed by atoms with van der Waals surface area (Å²) in [5, 5.41) is 13.7. The second-order valence-electron chi connectivity index (χ2n) is 7.02. The molecule has 160 valence electrons. The smallest absolute Gasteiger partial charge is 0.296 e. The standard InChI is InChI=1S/C22H21N3O4S2/c1-4-10-29-15-8-6-5-7-14(15)17-16(18(26)20-12(2)24-13(3)31-20)19(27)21(28)25(17)22-23-9-11-30-22/h5-9,11,17,27H,4,10H2,1-3H3. The van der Waals surface area contributed by atoms with E-state index in [4.69, 9.17) is 4.74 Å². The Morgan fingerprint density at radius 3 is 2.71 bits per heavy atom. The van der Waals surface area contributed by atoms with Crippen molar-refractivity contribution in [3.8, 4) is 5.75 Å². The molecule has 4 rings (SSSR count). The Morgan fingerprint density at radius 2 is 2.06 bits per heavy atom. The van der Waals surface area contributed by atoms with Gasteiger partial charge in [0, 0.05) is 17.1 Å². The first-order valence-corrected chi connectivity index (χ1v) is 11.5. The molecule has 31 heavy (non-hydrogen) atoms. The van der Waals surface area contributed by atoms with Gasteiger partial charge in [-0.1, -0.05) is 25.1 Å². The number of carbonyl (C=O) groups is 2. The third-order valence-electron chi connectivity index (χ3n) is 4.86. The lowest BCUT2D eigenvalue weighted by Crippen LogP contribution is -2.31. The Balaban J connectivity index is 1.89. The molecule has 1 unspecified atom stereocenters. The maximum absolute atomic E-state index is 13.6. The van der Waals surface area contributed by atoms with E-state index in [-0.39, 0.29) is 5.57 Å². The number of benzene rings is 1. The highest BCUT2D eigenvalue weighted by Gasteiger charge is 2.47. The molecule has 0 saturated carbocycles. The average Bonchev–Trinajstić information content (AvgIpc) is 3.45. The molecule has 1 amide bonds. The fourth-order valence-corrected chi connectivity index (χ4v) is 5.12. The quantitative estimate of drug-likeness (QED) is 0.515. The molecule has 1 aromatic carbocycles. The Bertz CT molecular complexity index is 1170. The lowest BCUT2D eigenvalue weighted by atomic mass is 9.94. The molecule has 1 aliphatic heterocycles. The van der Waals surface area contributed by atoms with Gasteiger partial charge in [-0.15, -0.1) is 22.7 Å². The molecule has 1 N–H and O–H groups in total. The summed E-state index contributed by atoms with van der Waals surface area (Å²) in [6, 6.07) is 6.40. The van der Waals surface area contributed by atoms with Crippen molar-refractivity contribution in [2.75, 3.05) is 11.5 Å². The van der Waals surface area contributed by atoms with Gasteiger partial charge in [-0.3, -0.25) is 14.5 Å². The number of aliphatic hydroxyl groups excluding tert-OH is 1. The minimum Gasteiger partial charge on any atom is -0.503 e. The molecule has 1 atom stereocenters. The van der Waals surface area contributed by atoms with Crippen molar-refractivity contribution in [2.45, 2.75) is 33.2 Å². The van der Waals surface area contributed by atoms with Crippen molar-refractivity contribution >= 4 is 39.5 Å². The molecule has 0 saturated heterocycles. The third kappa shape index (κ3) is 3.75. The normalized spacial score (nSPS) is 16.3. The third-order valence-corrected chi connectivity index (χ3v) is 6.71. The van der Waals surface area contributed by atoms with Crippen LogP contribution in [0, 0.1) is 13.8 Å². The summed E-state index contributed by atoms with van der Waals surface area (Å²) in [5.41, 5.74) is 1.20. The second kappa shape index (κ2) is 8.60. The number of aliphatic hydroxyl groups is 1. The number of carbonyl (C=O) groups excluding carboxylic acids is 2. The summed E-state index contributed by atoms with van der Waals surface area (Å²) in [6.07, 6.45) is 2.39. The van der Waals surface area contributed by atoms with Crippen molar-refractivity contribution in [1.82, 2.24) is 9.97 Å². The predicted octanol–water partition coefficient (Wildman–Crippen LogP) is 4.79. The molecule has 2 aromatic heterocycles. The van der Waals surface area contributed by atoms with E-state index < -0.39 is 23.5 Å². The molecular weight excluding hydrogens is 434 g/mol. The van der Waals surface area contributed by atoms with Gasteiger partial charge >= 0.3 is 0 Å². The van der Waals surface area contributed by atoms with Crippen molar-refractivity contribution in [1.29, 1.82) is 0 Å². The van der Waals surface area contributed by atoms with Crippen molar-refractivity contribution < 1.29 is 19.4 Å². The van der Waals surface area contributed by atoms with Gasteiger partial charge in [0.05, 0.1) is 27.8 Å². The molecule has 0 bridgehead atoms. The topological polar surface area (TPSA) is 92.6 Å². The van der Waals surface area contributed by atoms with E-state index in [1.54, 1.807) is 30.6 Å². The molecule has 0 fully saturated rings. The summed E-state index contributed by atoms with van der Waals surface area (Å²) in [6.45, 7) is 6.05. The lowest BCUT2D eigenvalue weighted by Gasteiger charge is -2.26. The van der Waals surface area contributed by atoms with Crippen molar-refractivity contribution in [3.05, 3.63) is 68.3 Å². The number of amides is 1. The maximum atomic E-state index is 13.6. The maximum Gasteiger partial charge on any atom is 0.296 e. The molecular formula is C22H21N3O4S2. The first kappa shape index (κ1) is 21.2. The SMILES string of the molecule is CCCOc1ccccc1C1C(C(=O)c2sc(C)nc2C)=C(O)C(=O)N1c1nccs1. The fourth-order valence-electron chi connectivity index (χ4n) is 3.58. The summed E-state index contributed by atoms with van der Waals surface area (Å²) in [7, 11) is 0. The van der Waals surface area contributed by atoms with Crippen LogP contribution >= 0.6 is 22.7 Å². The van der Waals surface area contributed by atoms with Crippen molar-refractivity contribution in [3.63, 3.8) is 0 Å². The number of para-hydroxylation sites is 1. The highest BCUT2D eigenvalue weighted by molar-refractivity contribution is 7.14. The number of rotatable bonds is 7. The van der Waals surface area contributed by atoms with Gasteiger partial charge in [0.1, 0.15) is 11.8 Å². The second-order valence-corrected chi connectivity index (χ2v) is 9.09. The Kier molecular flexibility index (Phi) is 5.88. The molecule has 1 aliphatic rings. The molecule has 0 aliphatic carbocycles. The molecule has 9 heteroatoms. The minimum absolute atomic E-state index is 0.0134. The van der Waals surface area contributed by atoms with E-state index >= 15 is 0 Å². The first-order chi connectivity index (χ1) is 14.9. The highest BCUT2D eigenvalue weighted by atomic mass is 32.1. The van der Waals surface area contributed by atoms with Crippen LogP contribution in [0.15, 0.2) is 47.2 Å². The number of aryl methyl sites for hydroxylation is 2. The number of nitrogens with zero attached hydrogens (tertiary/aromatic N) is 3. The number of hydrogen-bond donors (Lipinski definition) is 1.